The Kier molecular flexibility index (Phi) is 5.51. The lowest BCUT2D eigenvalue weighted by molar-refractivity contribution is 0.0932. The second-order valence-electron chi connectivity index (χ2n) is 7.61. The van der Waals surface area contributed by atoms with E-state index >= 15 is 0 Å². The second kappa shape index (κ2) is 8.05. The van der Waals surface area contributed by atoms with Crippen LogP contribution in [0.15, 0.2) is 53.4 Å². The van der Waals surface area contributed by atoms with Gasteiger partial charge in [-0.2, -0.15) is 4.31 Å². The molecule has 148 valence electrons. The van der Waals surface area contributed by atoms with Gasteiger partial charge in [-0.3, -0.25) is 4.79 Å². The van der Waals surface area contributed by atoms with Crippen LogP contribution < -0.4 is 5.32 Å². The lowest BCUT2D eigenvalue weighted by atomic mass is 9.87. The lowest BCUT2D eigenvalue weighted by Gasteiger charge is -2.27. The third-order valence-electron chi connectivity index (χ3n) is 5.72. The maximum Gasteiger partial charge on any atom is 0.251 e. The minimum Gasteiger partial charge on any atom is -0.345 e. The van der Waals surface area contributed by atoms with Gasteiger partial charge in [0.2, 0.25) is 10.0 Å². The van der Waals surface area contributed by atoms with Crippen LogP contribution in [0.4, 0.5) is 0 Å². The first-order chi connectivity index (χ1) is 13.6. The predicted octanol–water partition coefficient (Wildman–Crippen LogP) is 3.67. The fraction of sp³-hybridized carbons (Fsp3) is 0.409. The molecular weight excluding hydrogens is 372 g/mol. The van der Waals surface area contributed by atoms with Crippen LogP contribution in [0.5, 0.6) is 0 Å². The first-order valence-electron chi connectivity index (χ1n) is 10.0. The van der Waals surface area contributed by atoms with Gasteiger partial charge in [0.15, 0.2) is 0 Å². The number of nitrogens with one attached hydrogen (secondary N) is 1. The Morgan fingerprint density at radius 2 is 1.75 bits per heavy atom. The van der Waals surface area contributed by atoms with Crippen LogP contribution in [-0.4, -0.2) is 31.7 Å². The minimum atomic E-state index is -3.55. The molecule has 0 saturated carbocycles. The molecule has 1 N–H and O–H groups in total. The number of rotatable bonds is 4. The molecule has 1 fully saturated rings. The van der Waals surface area contributed by atoms with Gasteiger partial charge in [-0.25, -0.2) is 8.42 Å². The quantitative estimate of drug-likeness (QED) is 0.855. The third kappa shape index (κ3) is 3.84. The molecule has 2 aliphatic rings. The van der Waals surface area contributed by atoms with Crippen molar-refractivity contribution in [1.29, 1.82) is 0 Å². The van der Waals surface area contributed by atoms with E-state index in [1.807, 2.05) is 12.1 Å². The van der Waals surface area contributed by atoms with Crippen LogP contribution in [0, 0.1) is 0 Å². The molecule has 1 atom stereocenters. The summed E-state index contributed by atoms with van der Waals surface area (Å²) < 4.78 is 27.4. The fourth-order valence-electron chi connectivity index (χ4n) is 4.20. The number of amides is 1. The van der Waals surface area contributed by atoms with E-state index in [9.17, 15) is 13.2 Å². The Balaban J connectivity index is 1.54. The van der Waals surface area contributed by atoms with Gasteiger partial charge >= 0.3 is 0 Å². The molecule has 4 rings (SSSR count). The van der Waals surface area contributed by atoms with Crippen molar-refractivity contribution in [2.75, 3.05) is 13.1 Å². The van der Waals surface area contributed by atoms with Gasteiger partial charge in [0, 0.05) is 18.7 Å². The lowest BCUT2D eigenvalue weighted by Crippen LogP contribution is -2.36. The van der Waals surface area contributed by atoms with Crippen LogP contribution in [0.1, 0.15) is 59.6 Å². The average molecular weight is 399 g/mol. The summed E-state index contributed by atoms with van der Waals surface area (Å²) in [6.07, 6.45) is 5.81. The summed E-state index contributed by atoms with van der Waals surface area (Å²) in [7, 11) is -3.55. The second-order valence-corrected chi connectivity index (χ2v) is 9.55. The van der Waals surface area contributed by atoms with E-state index < -0.39 is 10.0 Å². The normalized spacial score (nSPS) is 20.4. The highest BCUT2D eigenvalue weighted by Gasteiger charge is 2.27. The van der Waals surface area contributed by atoms with Gasteiger partial charge < -0.3 is 5.32 Å². The fourth-order valence-corrected chi connectivity index (χ4v) is 5.76. The number of sulfonamides is 1. The van der Waals surface area contributed by atoms with E-state index in [4.69, 9.17) is 0 Å². The summed E-state index contributed by atoms with van der Waals surface area (Å²) in [4.78, 5) is 13.1. The van der Waals surface area contributed by atoms with Crippen molar-refractivity contribution in [1.82, 2.24) is 9.62 Å². The molecule has 1 aliphatic heterocycles. The van der Waals surface area contributed by atoms with Crippen molar-refractivity contribution in [3.63, 3.8) is 0 Å². The monoisotopic (exact) mass is 398 g/mol. The molecule has 0 aromatic heterocycles. The molecule has 0 bridgehead atoms. The van der Waals surface area contributed by atoms with Gasteiger partial charge in [0.1, 0.15) is 0 Å². The highest BCUT2D eigenvalue weighted by Crippen LogP contribution is 2.30. The molecule has 1 amide bonds. The van der Waals surface area contributed by atoms with Gasteiger partial charge in [0.25, 0.3) is 5.91 Å². The van der Waals surface area contributed by atoms with Crippen molar-refractivity contribution in [2.24, 2.45) is 0 Å². The van der Waals surface area contributed by atoms with Crippen LogP contribution >= 0.6 is 0 Å². The zero-order chi connectivity index (χ0) is 19.6. The molecule has 2 aromatic rings. The predicted molar refractivity (Wildman–Crippen MR) is 109 cm³/mol. The van der Waals surface area contributed by atoms with E-state index in [-0.39, 0.29) is 16.8 Å². The van der Waals surface area contributed by atoms with Crippen molar-refractivity contribution in [3.8, 4) is 0 Å². The smallest absolute Gasteiger partial charge is 0.251 e. The first-order valence-corrected chi connectivity index (χ1v) is 11.5. The summed E-state index contributed by atoms with van der Waals surface area (Å²) in [6, 6.07) is 14.6. The first kappa shape index (κ1) is 19.2. The molecule has 28 heavy (non-hydrogen) atoms. The minimum absolute atomic E-state index is 0.0280. The third-order valence-corrected chi connectivity index (χ3v) is 7.62. The molecule has 0 radical (unpaired) electrons. The van der Waals surface area contributed by atoms with E-state index in [0.29, 0.717) is 18.7 Å². The number of carbonyl (C=O) groups excluding carboxylic acids is 1. The molecule has 1 unspecified atom stereocenters. The Morgan fingerprint density at radius 1 is 0.964 bits per heavy atom. The number of aryl methyl sites for hydroxylation is 1. The van der Waals surface area contributed by atoms with Gasteiger partial charge in [-0.1, -0.05) is 36.8 Å². The zero-order valence-corrected chi connectivity index (χ0v) is 16.7. The van der Waals surface area contributed by atoms with Crippen LogP contribution in [0.3, 0.4) is 0 Å². The average Bonchev–Trinajstić information content (AvgIpc) is 2.75. The Labute approximate surface area is 166 Å². The van der Waals surface area contributed by atoms with Crippen molar-refractivity contribution < 1.29 is 13.2 Å². The van der Waals surface area contributed by atoms with E-state index in [1.54, 1.807) is 18.2 Å². The summed E-state index contributed by atoms with van der Waals surface area (Å²) in [5.74, 6) is -0.225. The highest BCUT2D eigenvalue weighted by molar-refractivity contribution is 7.89. The number of hydrogen-bond acceptors (Lipinski definition) is 3. The molecule has 0 spiro atoms. The molecule has 1 heterocycles. The maximum atomic E-state index is 12.9. The Hall–Kier alpha value is -2.18. The maximum absolute atomic E-state index is 12.9. The van der Waals surface area contributed by atoms with Gasteiger partial charge in [-0.15, -0.1) is 0 Å². The van der Waals surface area contributed by atoms with E-state index in [1.165, 1.54) is 21.5 Å². The number of nitrogens with zero attached hydrogens (tertiary/aromatic N) is 1. The zero-order valence-electron chi connectivity index (χ0n) is 15.9. The largest absolute Gasteiger partial charge is 0.345 e. The molecule has 2 aromatic carbocycles. The summed E-state index contributed by atoms with van der Waals surface area (Å²) in [5.41, 5.74) is 2.83. The van der Waals surface area contributed by atoms with E-state index in [0.717, 1.165) is 38.5 Å². The van der Waals surface area contributed by atoms with Crippen molar-refractivity contribution >= 4 is 15.9 Å². The molecule has 1 aliphatic carbocycles. The number of piperidine rings is 1. The highest BCUT2D eigenvalue weighted by atomic mass is 32.2. The number of hydrogen-bond donors (Lipinski definition) is 1. The van der Waals surface area contributed by atoms with Crippen LogP contribution in [0.2, 0.25) is 0 Å². The van der Waals surface area contributed by atoms with Crippen molar-refractivity contribution in [2.45, 2.75) is 49.5 Å². The Bertz CT molecular complexity index is 965. The molecule has 5 nitrogen and oxygen atoms in total. The van der Waals surface area contributed by atoms with Crippen LogP contribution in [0.25, 0.3) is 0 Å². The van der Waals surface area contributed by atoms with Gasteiger partial charge in [0.05, 0.1) is 10.9 Å². The number of carbonyl (C=O) groups is 1. The summed E-state index contributed by atoms with van der Waals surface area (Å²) >= 11 is 0. The summed E-state index contributed by atoms with van der Waals surface area (Å²) in [6.45, 7) is 1.11. The number of fused-ring (bicyclic) bond motifs is 1. The molecule has 1 saturated heterocycles. The topological polar surface area (TPSA) is 66.5 Å². The standard InChI is InChI=1S/C22H26N2O3S/c25-22(23-21-13-7-9-17-8-2-3-12-20(17)21)18-10-6-11-19(16-18)28(26,27)24-14-4-1-5-15-24/h2-3,6,8,10-12,16,21H,1,4-5,7,9,13-15H2,(H,23,25). The molecule has 6 heteroatoms. The molecular formula is C22H26N2O3S. The van der Waals surface area contributed by atoms with Gasteiger partial charge in [-0.05, 0) is 61.4 Å². The van der Waals surface area contributed by atoms with Crippen LogP contribution in [-0.2, 0) is 16.4 Å². The van der Waals surface area contributed by atoms with Crippen molar-refractivity contribution in [3.05, 3.63) is 65.2 Å². The van der Waals surface area contributed by atoms with E-state index in [2.05, 4.69) is 17.4 Å². The number of benzene rings is 2. The summed E-state index contributed by atoms with van der Waals surface area (Å²) in [5, 5.41) is 3.10. The SMILES string of the molecule is O=C(NC1CCCc2ccccc21)c1cccc(S(=O)(=O)N2CCCCC2)c1. The Morgan fingerprint density at radius 3 is 2.57 bits per heavy atom.